The van der Waals surface area contributed by atoms with Crippen molar-refractivity contribution >= 4 is 28.7 Å². The quantitative estimate of drug-likeness (QED) is 0.344. The van der Waals surface area contributed by atoms with Crippen molar-refractivity contribution in [2.75, 3.05) is 57.7 Å². The summed E-state index contributed by atoms with van der Waals surface area (Å²) in [7, 11) is 0. The van der Waals surface area contributed by atoms with E-state index in [1.54, 1.807) is 17.1 Å². The standard InChI is InChI=1S/C26H33N11O2/c38-24-3-1-16-39-22-6-4-21(5-7-22)37-25-23(32-33-37)18-28-26(31-25)30-20-17-29-36(19-20)15-14-35-12-10-34(11-13-35)9-2-8-27-24/h4-7,17-19H,1-3,8-16H2,(H,27,38)(H,28,30,31). The van der Waals surface area contributed by atoms with E-state index in [9.17, 15) is 4.79 Å². The molecule has 13 nitrogen and oxygen atoms in total. The molecule has 5 aliphatic rings. The lowest BCUT2D eigenvalue weighted by molar-refractivity contribution is -0.121. The number of hydrogen-bond acceptors (Lipinski definition) is 10. The van der Waals surface area contributed by atoms with Crippen LogP contribution in [0.1, 0.15) is 19.3 Å². The molecule has 0 spiro atoms. The molecular formula is C26H33N11O2. The van der Waals surface area contributed by atoms with E-state index in [0.717, 1.165) is 69.4 Å². The Hall–Kier alpha value is -4.10. The van der Waals surface area contributed by atoms with E-state index in [0.29, 0.717) is 43.1 Å². The van der Waals surface area contributed by atoms with Gasteiger partial charge in [0.15, 0.2) is 11.2 Å². The third-order valence-electron chi connectivity index (χ3n) is 7.06. The molecule has 5 aliphatic heterocycles. The predicted octanol–water partition coefficient (Wildman–Crippen LogP) is 1.45. The first-order valence-electron chi connectivity index (χ1n) is 13.5. The summed E-state index contributed by atoms with van der Waals surface area (Å²) in [6, 6.07) is 7.57. The predicted molar refractivity (Wildman–Crippen MR) is 145 cm³/mol. The topological polar surface area (TPSA) is 131 Å². The Bertz CT molecular complexity index is 1390. The van der Waals surface area contributed by atoms with E-state index in [2.05, 4.69) is 45.8 Å². The molecule has 1 aromatic carbocycles. The molecule has 1 amide bonds. The van der Waals surface area contributed by atoms with Gasteiger partial charge >= 0.3 is 0 Å². The van der Waals surface area contributed by atoms with Gasteiger partial charge in [-0.05, 0) is 43.7 Å². The first-order valence-corrected chi connectivity index (χ1v) is 13.5. The van der Waals surface area contributed by atoms with Crippen LogP contribution in [0.25, 0.3) is 16.9 Å². The highest BCUT2D eigenvalue weighted by Gasteiger charge is 2.17. The van der Waals surface area contributed by atoms with Crippen LogP contribution in [0.5, 0.6) is 5.75 Å². The van der Waals surface area contributed by atoms with Crippen LogP contribution < -0.4 is 15.4 Å². The number of anilines is 2. The third kappa shape index (κ3) is 6.32. The minimum absolute atomic E-state index is 0.0758. The third-order valence-corrected chi connectivity index (χ3v) is 7.06. The Balaban J connectivity index is 1.18. The monoisotopic (exact) mass is 531 g/mol. The number of benzene rings is 1. The van der Waals surface area contributed by atoms with Gasteiger partial charge in [0.25, 0.3) is 0 Å². The Labute approximate surface area is 226 Å². The molecule has 3 aromatic heterocycles. The number of nitrogens with one attached hydrogen (secondary N) is 2. The summed E-state index contributed by atoms with van der Waals surface area (Å²) in [6.45, 7) is 8.11. The highest BCUT2D eigenvalue weighted by molar-refractivity contribution is 5.75. The van der Waals surface area contributed by atoms with Crippen LogP contribution in [0.3, 0.4) is 0 Å². The van der Waals surface area contributed by atoms with Gasteiger partial charge in [0.05, 0.1) is 36.9 Å². The molecule has 0 atom stereocenters. The molecule has 8 heterocycles. The highest BCUT2D eigenvalue weighted by Crippen LogP contribution is 2.20. The summed E-state index contributed by atoms with van der Waals surface area (Å²) in [5, 5.41) is 19.3. The second kappa shape index (κ2) is 11.7. The first kappa shape index (κ1) is 25.2. The number of carbonyl (C=O) groups is 1. The molecule has 8 bridgehead atoms. The molecule has 1 saturated heterocycles. The zero-order valence-electron chi connectivity index (χ0n) is 21.9. The molecule has 0 unspecified atom stereocenters. The summed E-state index contributed by atoms with van der Waals surface area (Å²) in [6.07, 6.45) is 7.49. The van der Waals surface area contributed by atoms with Crippen LogP contribution in [0.2, 0.25) is 0 Å². The molecule has 204 valence electrons. The molecule has 0 radical (unpaired) electrons. The van der Waals surface area contributed by atoms with Gasteiger partial charge in [-0.15, -0.1) is 5.10 Å². The molecule has 0 aliphatic carbocycles. The molecule has 13 heteroatoms. The van der Waals surface area contributed by atoms with Gasteiger partial charge in [0.2, 0.25) is 11.9 Å². The van der Waals surface area contributed by atoms with E-state index in [-0.39, 0.29) is 5.91 Å². The van der Waals surface area contributed by atoms with Gasteiger partial charge in [-0.2, -0.15) is 14.8 Å². The average Bonchev–Trinajstić information content (AvgIpc) is 3.59. The van der Waals surface area contributed by atoms with Gasteiger partial charge in [-0.3, -0.25) is 14.4 Å². The first-order chi connectivity index (χ1) is 19.2. The Morgan fingerprint density at radius 2 is 1.69 bits per heavy atom. The maximum Gasteiger partial charge on any atom is 0.229 e. The van der Waals surface area contributed by atoms with Crippen LogP contribution in [0.4, 0.5) is 11.6 Å². The SMILES string of the molecule is O=C1CCCOc2ccc(cc2)-n2nnc3cnc(nc32)Nc2cnn(c2)CCN2CCN(CCCN1)CC2. The number of nitrogens with zero attached hydrogens (tertiary/aromatic N) is 9. The second-order valence-electron chi connectivity index (χ2n) is 9.85. The van der Waals surface area contributed by atoms with Crippen LogP contribution >= 0.6 is 0 Å². The van der Waals surface area contributed by atoms with Crippen molar-refractivity contribution in [1.29, 1.82) is 0 Å². The summed E-state index contributed by atoms with van der Waals surface area (Å²) in [5.41, 5.74) is 2.82. The van der Waals surface area contributed by atoms with Crippen molar-refractivity contribution in [2.24, 2.45) is 0 Å². The molecule has 39 heavy (non-hydrogen) atoms. The number of carbonyl (C=O) groups excluding carboxylic acids is 1. The average molecular weight is 532 g/mol. The molecule has 2 N–H and O–H groups in total. The Morgan fingerprint density at radius 1 is 0.897 bits per heavy atom. The summed E-state index contributed by atoms with van der Waals surface area (Å²) in [5.74, 6) is 1.25. The van der Waals surface area contributed by atoms with Crippen LogP contribution in [-0.2, 0) is 11.3 Å². The van der Waals surface area contributed by atoms with Crippen molar-refractivity contribution < 1.29 is 9.53 Å². The fourth-order valence-electron chi connectivity index (χ4n) is 4.85. The number of amides is 1. The lowest BCUT2D eigenvalue weighted by Crippen LogP contribution is -2.47. The normalized spacial score (nSPS) is 21.3. The summed E-state index contributed by atoms with van der Waals surface area (Å²) >= 11 is 0. The van der Waals surface area contributed by atoms with Gasteiger partial charge in [-0.1, -0.05) is 5.21 Å². The molecular weight excluding hydrogens is 498 g/mol. The summed E-state index contributed by atoms with van der Waals surface area (Å²) in [4.78, 5) is 26.2. The smallest absolute Gasteiger partial charge is 0.229 e. The minimum atomic E-state index is 0.0758. The van der Waals surface area contributed by atoms with Crippen LogP contribution in [-0.4, -0.2) is 103 Å². The fraction of sp³-hybridized carbons (Fsp3) is 0.462. The van der Waals surface area contributed by atoms with Gasteiger partial charge in [0, 0.05) is 51.9 Å². The van der Waals surface area contributed by atoms with Crippen molar-refractivity contribution in [3.8, 4) is 11.4 Å². The van der Waals surface area contributed by atoms with E-state index in [1.807, 2.05) is 35.1 Å². The molecule has 0 saturated carbocycles. The van der Waals surface area contributed by atoms with Crippen LogP contribution in [0, 0.1) is 0 Å². The maximum atomic E-state index is 12.2. The zero-order chi connectivity index (χ0) is 26.4. The maximum absolute atomic E-state index is 12.2. The highest BCUT2D eigenvalue weighted by atomic mass is 16.5. The van der Waals surface area contributed by atoms with Crippen molar-refractivity contribution in [1.82, 2.24) is 49.9 Å². The van der Waals surface area contributed by atoms with Crippen LogP contribution in [0.15, 0.2) is 42.9 Å². The zero-order valence-corrected chi connectivity index (χ0v) is 21.9. The van der Waals surface area contributed by atoms with Crippen molar-refractivity contribution in [2.45, 2.75) is 25.8 Å². The number of hydrogen-bond donors (Lipinski definition) is 2. The number of aromatic nitrogens is 7. The van der Waals surface area contributed by atoms with Crippen molar-refractivity contribution in [3.05, 3.63) is 42.9 Å². The number of rotatable bonds is 0. The van der Waals surface area contributed by atoms with E-state index >= 15 is 0 Å². The largest absolute Gasteiger partial charge is 0.494 e. The van der Waals surface area contributed by atoms with Gasteiger partial charge in [-0.25, -0.2) is 4.98 Å². The molecule has 9 rings (SSSR count). The second-order valence-corrected chi connectivity index (χ2v) is 9.85. The van der Waals surface area contributed by atoms with Gasteiger partial charge < -0.3 is 20.3 Å². The lowest BCUT2D eigenvalue weighted by atomic mass is 10.2. The lowest BCUT2D eigenvalue weighted by Gasteiger charge is -2.34. The summed E-state index contributed by atoms with van der Waals surface area (Å²) < 4.78 is 9.46. The number of ether oxygens (including phenoxy) is 1. The Kier molecular flexibility index (Phi) is 7.59. The van der Waals surface area contributed by atoms with E-state index in [4.69, 9.17) is 4.74 Å². The van der Waals surface area contributed by atoms with E-state index in [1.165, 1.54) is 0 Å². The van der Waals surface area contributed by atoms with Gasteiger partial charge in [0.1, 0.15) is 5.75 Å². The van der Waals surface area contributed by atoms with E-state index < -0.39 is 0 Å². The molecule has 1 fully saturated rings. The fourth-order valence-corrected chi connectivity index (χ4v) is 4.85. The van der Waals surface area contributed by atoms with Crippen molar-refractivity contribution in [3.63, 3.8) is 0 Å². The minimum Gasteiger partial charge on any atom is -0.494 e. The number of piperazine rings is 1. The Morgan fingerprint density at radius 3 is 2.54 bits per heavy atom. The molecule has 4 aromatic rings.